The third-order valence-corrected chi connectivity index (χ3v) is 2.36. The second kappa shape index (κ2) is 3.80. The molecule has 2 N–H and O–H groups in total. The van der Waals surface area contributed by atoms with Crippen molar-refractivity contribution in [3.8, 4) is 11.8 Å². The Morgan fingerprint density at radius 3 is 2.53 bits per heavy atom. The zero-order valence-electron chi connectivity index (χ0n) is 8.27. The molecule has 0 amide bonds. The van der Waals surface area contributed by atoms with Gasteiger partial charge in [0, 0.05) is 12.0 Å². The summed E-state index contributed by atoms with van der Waals surface area (Å²) in [6.45, 7) is 0. The summed E-state index contributed by atoms with van der Waals surface area (Å²) >= 11 is 0. The first kappa shape index (κ1) is 9.82. The van der Waals surface area contributed by atoms with Crippen LogP contribution < -0.4 is 0 Å². The molecule has 1 aromatic rings. The highest BCUT2D eigenvalue weighted by molar-refractivity contribution is 5.39. The summed E-state index contributed by atoms with van der Waals surface area (Å²) in [4.78, 5) is 0. The van der Waals surface area contributed by atoms with Crippen LogP contribution >= 0.6 is 0 Å². The van der Waals surface area contributed by atoms with Gasteiger partial charge in [-0.3, -0.25) is 0 Å². The zero-order valence-corrected chi connectivity index (χ0v) is 8.27. The van der Waals surface area contributed by atoms with E-state index in [0.717, 1.165) is 5.56 Å². The second-order valence-electron chi connectivity index (χ2n) is 3.68. The average Bonchev–Trinajstić information content (AvgIpc) is 2.58. The van der Waals surface area contributed by atoms with Crippen LogP contribution in [0.15, 0.2) is 42.2 Å². The van der Waals surface area contributed by atoms with Crippen LogP contribution in [0.3, 0.4) is 0 Å². The molecule has 0 aromatic heterocycles. The van der Waals surface area contributed by atoms with E-state index in [1.807, 2.05) is 30.3 Å². The van der Waals surface area contributed by atoms with Crippen LogP contribution in [0.4, 0.5) is 0 Å². The van der Waals surface area contributed by atoms with Gasteiger partial charge in [-0.15, -0.1) is 0 Å². The van der Waals surface area contributed by atoms with Crippen LogP contribution in [0, 0.1) is 11.8 Å². The van der Waals surface area contributed by atoms with Crippen LogP contribution in [0.2, 0.25) is 0 Å². The van der Waals surface area contributed by atoms with E-state index in [2.05, 4.69) is 11.8 Å². The fourth-order valence-electron chi connectivity index (χ4n) is 1.54. The van der Waals surface area contributed by atoms with Gasteiger partial charge in [-0.1, -0.05) is 30.0 Å². The van der Waals surface area contributed by atoms with E-state index < -0.39 is 5.60 Å². The molecule has 2 nitrogen and oxygen atoms in total. The molecule has 15 heavy (non-hydrogen) atoms. The normalized spacial score (nSPS) is 24.2. The molecule has 0 radical (unpaired) electrons. The van der Waals surface area contributed by atoms with Gasteiger partial charge in [0.25, 0.3) is 0 Å². The van der Waals surface area contributed by atoms with E-state index in [0.29, 0.717) is 12.8 Å². The highest BCUT2D eigenvalue weighted by atomic mass is 16.3. The van der Waals surface area contributed by atoms with Crippen molar-refractivity contribution in [3.05, 3.63) is 47.7 Å². The van der Waals surface area contributed by atoms with Gasteiger partial charge in [0.2, 0.25) is 0 Å². The van der Waals surface area contributed by atoms with Gasteiger partial charge in [-0.2, -0.15) is 0 Å². The summed E-state index contributed by atoms with van der Waals surface area (Å²) in [7, 11) is 0. The summed E-state index contributed by atoms with van der Waals surface area (Å²) in [6, 6.07) is 9.48. The van der Waals surface area contributed by atoms with Crippen molar-refractivity contribution in [3.63, 3.8) is 0 Å². The van der Waals surface area contributed by atoms with Crippen LogP contribution in [-0.2, 0) is 0 Å². The van der Waals surface area contributed by atoms with Crippen molar-refractivity contribution >= 4 is 0 Å². The summed E-state index contributed by atoms with van der Waals surface area (Å²) < 4.78 is 0. The van der Waals surface area contributed by atoms with Crippen molar-refractivity contribution < 1.29 is 10.2 Å². The Morgan fingerprint density at radius 1 is 1.20 bits per heavy atom. The average molecular weight is 200 g/mol. The van der Waals surface area contributed by atoms with Crippen LogP contribution in [-0.4, -0.2) is 15.8 Å². The predicted molar refractivity (Wildman–Crippen MR) is 58.2 cm³/mol. The smallest absolute Gasteiger partial charge is 0.148 e. The fraction of sp³-hybridized carbons (Fsp3) is 0.231. The van der Waals surface area contributed by atoms with Crippen LogP contribution in [0.5, 0.6) is 0 Å². The van der Waals surface area contributed by atoms with Crippen LogP contribution in [0.25, 0.3) is 0 Å². The lowest BCUT2D eigenvalue weighted by molar-refractivity contribution is 0.153. The number of benzene rings is 1. The molecule has 1 unspecified atom stereocenters. The minimum atomic E-state index is -1.15. The maximum Gasteiger partial charge on any atom is 0.148 e. The van der Waals surface area contributed by atoms with Crippen LogP contribution in [0.1, 0.15) is 18.4 Å². The molecule has 0 heterocycles. The first-order valence-corrected chi connectivity index (χ1v) is 4.89. The fourth-order valence-corrected chi connectivity index (χ4v) is 1.54. The first-order valence-electron chi connectivity index (χ1n) is 4.89. The largest absolute Gasteiger partial charge is 0.513 e. The van der Waals surface area contributed by atoms with Crippen molar-refractivity contribution in [2.75, 3.05) is 0 Å². The van der Waals surface area contributed by atoms with Gasteiger partial charge in [-0.25, -0.2) is 0 Å². The maximum absolute atomic E-state index is 9.91. The second-order valence-corrected chi connectivity index (χ2v) is 3.68. The Morgan fingerprint density at radius 2 is 1.93 bits per heavy atom. The van der Waals surface area contributed by atoms with Gasteiger partial charge >= 0.3 is 0 Å². The van der Waals surface area contributed by atoms with E-state index in [1.165, 1.54) is 6.08 Å². The van der Waals surface area contributed by atoms with Gasteiger partial charge in [0.05, 0.1) is 5.76 Å². The third-order valence-electron chi connectivity index (χ3n) is 2.36. The molecule has 1 aliphatic carbocycles. The van der Waals surface area contributed by atoms with Crippen molar-refractivity contribution in [2.24, 2.45) is 0 Å². The summed E-state index contributed by atoms with van der Waals surface area (Å²) in [5, 5.41) is 19.1. The Bertz CT molecular complexity index is 437. The lowest BCUT2D eigenvalue weighted by Gasteiger charge is -2.09. The molecule has 1 aromatic carbocycles. The Kier molecular flexibility index (Phi) is 2.49. The van der Waals surface area contributed by atoms with E-state index in [4.69, 9.17) is 0 Å². The molecule has 76 valence electrons. The van der Waals surface area contributed by atoms with E-state index in [-0.39, 0.29) is 5.76 Å². The molecule has 0 aliphatic heterocycles. The van der Waals surface area contributed by atoms with E-state index >= 15 is 0 Å². The minimum Gasteiger partial charge on any atom is -0.513 e. The lowest BCUT2D eigenvalue weighted by atomic mass is 10.0. The van der Waals surface area contributed by atoms with Crippen molar-refractivity contribution in [1.29, 1.82) is 0 Å². The SMILES string of the molecule is OC1=CC(O)(C#Cc2ccccc2)CC1. The van der Waals surface area contributed by atoms with Gasteiger partial charge in [0.15, 0.2) is 0 Å². The Hall–Kier alpha value is -1.72. The lowest BCUT2D eigenvalue weighted by Crippen LogP contribution is -2.19. The number of rotatable bonds is 0. The Balaban J connectivity index is 2.20. The maximum atomic E-state index is 9.91. The summed E-state index contributed by atoms with van der Waals surface area (Å²) in [5.41, 5.74) is -0.286. The number of aliphatic hydroxyl groups excluding tert-OH is 1. The molecule has 1 atom stereocenters. The minimum absolute atomic E-state index is 0.222. The topological polar surface area (TPSA) is 40.5 Å². The molecule has 0 bridgehead atoms. The first-order chi connectivity index (χ1) is 7.18. The summed E-state index contributed by atoms with van der Waals surface area (Å²) in [5.74, 6) is 5.89. The monoisotopic (exact) mass is 200 g/mol. The third kappa shape index (κ3) is 2.39. The summed E-state index contributed by atoms with van der Waals surface area (Å²) in [6.07, 6.45) is 2.39. The number of hydrogen-bond acceptors (Lipinski definition) is 2. The van der Waals surface area contributed by atoms with Crippen molar-refractivity contribution in [2.45, 2.75) is 18.4 Å². The highest BCUT2D eigenvalue weighted by Crippen LogP contribution is 2.25. The van der Waals surface area contributed by atoms with Gasteiger partial charge in [0.1, 0.15) is 5.60 Å². The zero-order chi connectivity index (χ0) is 10.7. The molecular weight excluding hydrogens is 188 g/mol. The van der Waals surface area contributed by atoms with Crippen molar-refractivity contribution in [1.82, 2.24) is 0 Å². The van der Waals surface area contributed by atoms with Gasteiger partial charge in [-0.05, 0) is 24.6 Å². The quantitative estimate of drug-likeness (QED) is 0.629. The van der Waals surface area contributed by atoms with E-state index in [9.17, 15) is 10.2 Å². The molecule has 0 spiro atoms. The molecule has 1 aliphatic rings. The number of aliphatic hydroxyl groups is 2. The standard InChI is InChI=1S/C13H12O2/c14-12-7-9-13(15,10-12)8-6-11-4-2-1-3-5-11/h1-5,10,14-15H,7,9H2. The molecule has 2 rings (SSSR count). The molecular formula is C13H12O2. The molecule has 2 heteroatoms. The Labute approximate surface area is 88.9 Å². The van der Waals surface area contributed by atoms with E-state index in [1.54, 1.807) is 0 Å². The molecule has 0 saturated heterocycles. The molecule has 0 saturated carbocycles. The van der Waals surface area contributed by atoms with Gasteiger partial charge < -0.3 is 10.2 Å². The predicted octanol–water partition coefficient (Wildman–Crippen LogP) is 2.00. The highest BCUT2D eigenvalue weighted by Gasteiger charge is 2.28. The number of hydrogen-bond donors (Lipinski definition) is 2. The molecule has 0 fully saturated rings. The number of allylic oxidation sites excluding steroid dienone is 1.